The van der Waals surface area contributed by atoms with Crippen LogP contribution in [0.3, 0.4) is 0 Å². The Morgan fingerprint density at radius 3 is 2.52 bits per heavy atom. The minimum atomic E-state index is 0.179. The molecule has 1 aromatic heterocycles. The smallest absolute Gasteiger partial charge is 0.224 e. The first-order valence-electron chi connectivity index (χ1n) is 9.32. The van der Waals surface area contributed by atoms with E-state index >= 15 is 0 Å². The molecule has 0 saturated heterocycles. The number of rotatable bonds is 10. The zero-order valence-corrected chi connectivity index (χ0v) is 16.4. The van der Waals surface area contributed by atoms with E-state index in [-0.39, 0.29) is 5.91 Å². The Kier molecular flexibility index (Phi) is 9.65. The standard InChI is InChI=1S/C18H34N6O/c1-6-19-18(21-12-10-17(25)23(7-2)8-3)20-11-9-13-24-16(5)14-15(4)22-24/h14H,6-13H2,1-5H3,(H2,19,20,21). The fraction of sp³-hybridized carbons (Fsp3) is 0.722. The van der Waals surface area contributed by atoms with Crippen LogP contribution in [0.25, 0.3) is 0 Å². The van der Waals surface area contributed by atoms with Crippen LogP contribution in [-0.2, 0) is 11.3 Å². The summed E-state index contributed by atoms with van der Waals surface area (Å²) >= 11 is 0. The lowest BCUT2D eigenvalue weighted by Crippen LogP contribution is -2.40. The lowest BCUT2D eigenvalue weighted by molar-refractivity contribution is -0.130. The molecule has 0 aliphatic rings. The highest BCUT2D eigenvalue weighted by Gasteiger charge is 2.09. The Bertz CT molecular complexity index is 548. The Morgan fingerprint density at radius 2 is 1.96 bits per heavy atom. The van der Waals surface area contributed by atoms with Gasteiger partial charge in [-0.15, -0.1) is 0 Å². The number of nitrogens with zero attached hydrogens (tertiary/aromatic N) is 4. The van der Waals surface area contributed by atoms with Gasteiger partial charge in [-0.3, -0.25) is 14.5 Å². The van der Waals surface area contributed by atoms with Gasteiger partial charge >= 0.3 is 0 Å². The summed E-state index contributed by atoms with van der Waals surface area (Å²) in [6.45, 7) is 14.6. The molecule has 142 valence electrons. The average molecular weight is 351 g/mol. The van der Waals surface area contributed by atoms with E-state index in [0.29, 0.717) is 13.0 Å². The van der Waals surface area contributed by atoms with E-state index in [9.17, 15) is 4.79 Å². The summed E-state index contributed by atoms with van der Waals surface area (Å²) in [4.78, 5) is 18.4. The van der Waals surface area contributed by atoms with Gasteiger partial charge in [-0.2, -0.15) is 5.10 Å². The van der Waals surface area contributed by atoms with E-state index < -0.39 is 0 Å². The van der Waals surface area contributed by atoms with Crippen molar-refractivity contribution < 1.29 is 4.79 Å². The van der Waals surface area contributed by atoms with Gasteiger partial charge in [0, 0.05) is 51.4 Å². The molecule has 0 radical (unpaired) electrons. The van der Waals surface area contributed by atoms with E-state index in [1.54, 1.807) is 0 Å². The van der Waals surface area contributed by atoms with Crippen molar-refractivity contribution in [3.8, 4) is 0 Å². The second-order valence-corrected chi connectivity index (χ2v) is 6.01. The number of carbonyl (C=O) groups is 1. The maximum absolute atomic E-state index is 12.0. The van der Waals surface area contributed by atoms with E-state index in [2.05, 4.69) is 33.7 Å². The molecule has 0 fully saturated rings. The monoisotopic (exact) mass is 350 g/mol. The summed E-state index contributed by atoms with van der Waals surface area (Å²) in [5, 5.41) is 10.9. The largest absolute Gasteiger partial charge is 0.357 e. The van der Waals surface area contributed by atoms with Gasteiger partial charge in [-0.25, -0.2) is 0 Å². The average Bonchev–Trinajstić information content (AvgIpc) is 2.90. The minimum Gasteiger partial charge on any atom is -0.357 e. The molecule has 0 aromatic carbocycles. The maximum atomic E-state index is 12.0. The highest BCUT2D eigenvalue weighted by atomic mass is 16.2. The number of hydrogen-bond donors (Lipinski definition) is 2. The van der Waals surface area contributed by atoms with Crippen molar-refractivity contribution in [1.82, 2.24) is 25.3 Å². The minimum absolute atomic E-state index is 0.179. The molecule has 0 unspecified atom stereocenters. The maximum Gasteiger partial charge on any atom is 0.224 e. The fourth-order valence-electron chi connectivity index (χ4n) is 2.68. The molecule has 0 atom stereocenters. The second-order valence-electron chi connectivity index (χ2n) is 6.01. The van der Waals surface area contributed by atoms with Crippen LogP contribution < -0.4 is 10.6 Å². The first-order valence-corrected chi connectivity index (χ1v) is 9.32. The molecule has 1 heterocycles. The van der Waals surface area contributed by atoms with Gasteiger partial charge in [0.2, 0.25) is 5.91 Å². The summed E-state index contributed by atoms with van der Waals surface area (Å²) < 4.78 is 2.02. The van der Waals surface area contributed by atoms with Crippen LogP contribution in [0, 0.1) is 13.8 Å². The number of guanidine groups is 1. The van der Waals surface area contributed by atoms with Gasteiger partial charge in [-0.1, -0.05) is 0 Å². The number of aliphatic imine (C=N–C) groups is 1. The first-order chi connectivity index (χ1) is 12.0. The third-order valence-electron chi connectivity index (χ3n) is 3.99. The highest BCUT2D eigenvalue weighted by molar-refractivity contribution is 5.81. The molecule has 0 bridgehead atoms. The third kappa shape index (κ3) is 7.58. The topological polar surface area (TPSA) is 74.5 Å². The zero-order chi connectivity index (χ0) is 18.7. The van der Waals surface area contributed by atoms with Gasteiger partial charge in [0.05, 0.1) is 5.69 Å². The molecule has 0 aliphatic heterocycles. The molecule has 1 amide bonds. The van der Waals surface area contributed by atoms with E-state index in [1.807, 2.05) is 37.3 Å². The number of carbonyl (C=O) groups excluding carboxylic acids is 1. The normalized spacial score (nSPS) is 11.5. The highest BCUT2D eigenvalue weighted by Crippen LogP contribution is 2.02. The van der Waals surface area contributed by atoms with Crippen LogP contribution in [0.1, 0.15) is 45.0 Å². The van der Waals surface area contributed by atoms with Crippen LogP contribution in [0.5, 0.6) is 0 Å². The number of aromatic nitrogens is 2. The van der Waals surface area contributed by atoms with E-state index in [0.717, 1.165) is 50.8 Å². The predicted octanol–water partition coefficient (Wildman–Crippen LogP) is 1.70. The summed E-state index contributed by atoms with van der Waals surface area (Å²) in [7, 11) is 0. The number of aryl methyl sites for hydroxylation is 3. The molecule has 1 rings (SSSR count). The molecular weight excluding hydrogens is 316 g/mol. The van der Waals surface area contributed by atoms with E-state index in [1.165, 1.54) is 5.69 Å². The van der Waals surface area contributed by atoms with Crippen molar-refractivity contribution in [2.24, 2.45) is 4.99 Å². The predicted molar refractivity (Wildman–Crippen MR) is 103 cm³/mol. The van der Waals surface area contributed by atoms with Gasteiger partial charge in [0.25, 0.3) is 0 Å². The lowest BCUT2D eigenvalue weighted by atomic mass is 10.3. The Hall–Kier alpha value is -2.05. The Labute approximate surface area is 151 Å². The van der Waals surface area contributed by atoms with Crippen molar-refractivity contribution in [2.45, 2.75) is 54.0 Å². The SMILES string of the molecule is CCNC(=NCCCn1nc(C)cc1C)NCCC(=O)N(CC)CC. The summed E-state index contributed by atoms with van der Waals surface area (Å²) in [6, 6.07) is 2.09. The van der Waals surface area contributed by atoms with Crippen LogP contribution in [0.4, 0.5) is 0 Å². The summed E-state index contributed by atoms with van der Waals surface area (Å²) in [5.41, 5.74) is 2.23. The number of hydrogen-bond acceptors (Lipinski definition) is 3. The van der Waals surface area contributed by atoms with Gasteiger partial charge in [0.1, 0.15) is 0 Å². The number of amides is 1. The van der Waals surface area contributed by atoms with Crippen LogP contribution in [-0.4, -0.2) is 59.3 Å². The molecule has 2 N–H and O–H groups in total. The van der Waals surface area contributed by atoms with Crippen molar-refractivity contribution >= 4 is 11.9 Å². The molecule has 0 spiro atoms. The molecule has 0 aliphatic carbocycles. The summed E-state index contributed by atoms with van der Waals surface area (Å²) in [6.07, 6.45) is 1.41. The molecule has 0 saturated carbocycles. The first kappa shape index (κ1) is 21.0. The summed E-state index contributed by atoms with van der Waals surface area (Å²) in [5.74, 6) is 0.945. The van der Waals surface area contributed by atoms with Gasteiger partial charge in [0.15, 0.2) is 5.96 Å². The van der Waals surface area contributed by atoms with E-state index in [4.69, 9.17) is 0 Å². The van der Waals surface area contributed by atoms with Gasteiger partial charge < -0.3 is 15.5 Å². The van der Waals surface area contributed by atoms with Crippen LogP contribution >= 0.6 is 0 Å². The molecular formula is C18H34N6O. The lowest BCUT2D eigenvalue weighted by Gasteiger charge is -2.19. The molecule has 7 nitrogen and oxygen atoms in total. The fourth-order valence-corrected chi connectivity index (χ4v) is 2.68. The van der Waals surface area contributed by atoms with Crippen LogP contribution in [0.2, 0.25) is 0 Å². The molecule has 25 heavy (non-hydrogen) atoms. The molecule has 7 heteroatoms. The van der Waals surface area contributed by atoms with Gasteiger partial charge in [-0.05, 0) is 47.1 Å². The van der Waals surface area contributed by atoms with Crippen LogP contribution in [0.15, 0.2) is 11.1 Å². The number of nitrogens with one attached hydrogen (secondary N) is 2. The Balaban J connectivity index is 2.38. The Morgan fingerprint density at radius 1 is 1.24 bits per heavy atom. The van der Waals surface area contributed by atoms with Crippen molar-refractivity contribution in [1.29, 1.82) is 0 Å². The third-order valence-corrected chi connectivity index (χ3v) is 3.99. The van der Waals surface area contributed by atoms with Crippen molar-refractivity contribution in [2.75, 3.05) is 32.7 Å². The molecule has 1 aromatic rings. The van der Waals surface area contributed by atoms with Crippen molar-refractivity contribution in [3.63, 3.8) is 0 Å². The van der Waals surface area contributed by atoms with Crippen molar-refractivity contribution in [3.05, 3.63) is 17.5 Å². The zero-order valence-electron chi connectivity index (χ0n) is 16.4. The second kappa shape index (κ2) is 11.5. The quantitative estimate of drug-likeness (QED) is 0.383.